The molecule has 4 nitrogen and oxygen atoms in total. The normalized spacial score (nSPS) is 15.2. The number of hydrogen-bond donors (Lipinski definition) is 0. The van der Waals surface area contributed by atoms with Gasteiger partial charge in [0.15, 0.2) is 0 Å². The summed E-state index contributed by atoms with van der Waals surface area (Å²) in [7, 11) is 0. The summed E-state index contributed by atoms with van der Waals surface area (Å²) in [5, 5.41) is 0. The summed E-state index contributed by atoms with van der Waals surface area (Å²) in [5.74, 6) is -0.147. The average molecular weight is 399 g/mol. The number of carbonyl (C=O) groups excluding carboxylic acids is 2. The van der Waals surface area contributed by atoms with E-state index in [4.69, 9.17) is 9.47 Å². The molecule has 166 valence electrons. The Morgan fingerprint density at radius 1 is 0.821 bits per heavy atom. The molecular formula is C24H46O4. The van der Waals surface area contributed by atoms with E-state index >= 15 is 0 Å². The number of rotatable bonds is 15. The zero-order valence-corrected chi connectivity index (χ0v) is 19.8. The largest absolute Gasteiger partial charge is 0.465 e. The number of hydrogen-bond acceptors (Lipinski definition) is 4. The highest BCUT2D eigenvalue weighted by atomic mass is 16.6. The van der Waals surface area contributed by atoms with Crippen molar-refractivity contribution < 1.29 is 19.1 Å². The van der Waals surface area contributed by atoms with Gasteiger partial charge >= 0.3 is 11.9 Å². The van der Waals surface area contributed by atoms with E-state index in [1.165, 1.54) is 0 Å². The molecule has 0 amide bonds. The van der Waals surface area contributed by atoms with Crippen LogP contribution >= 0.6 is 0 Å². The first kappa shape index (κ1) is 26.9. The summed E-state index contributed by atoms with van der Waals surface area (Å²) < 4.78 is 11.7. The van der Waals surface area contributed by atoms with Crippen molar-refractivity contribution in [2.24, 2.45) is 23.2 Å². The molecule has 0 fully saturated rings. The van der Waals surface area contributed by atoms with Gasteiger partial charge in [-0.2, -0.15) is 0 Å². The van der Waals surface area contributed by atoms with Gasteiger partial charge in [0.25, 0.3) is 0 Å². The first-order valence-corrected chi connectivity index (χ1v) is 11.5. The van der Waals surface area contributed by atoms with Gasteiger partial charge in [0.1, 0.15) is 6.10 Å². The highest BCUT2D eigenvalue weighted by Crippen LogP contribution is 2.31. The third-order valence-electron chi connectivity index (χ3n) is 5.67. The van der Waals surface area contributed by atoms with Crippen molar-refractivity contribution in [2.75, 3.05) is 6.61 Å². The van der Waals surface area contributed by atoms with E-state index in [2.05, 4.69) is 27.7 Å². The van der Waals surface area contributed by atoms with Gasteiger partial charge in [-0.25, -0.2) is 0 Å². The van der Waals surface area contributed by atoms with Gasteiger partial charge in [-0.15, -0.1) is 0 Å². The minimum atomic E-state index is -0.425. The van der Waals surface area contributed by atoms with Gasteiger partial charge in [-0.3, -0.25) is 9.59 Å². The second-order valence-electron chi connectivity index (χ2n) is 9.19. The fourth-order valence-corrected chi connectivity index (χ4v) is 3.75. The Bertz CT molecular complexity index is 442. The molecule has 28 heavy (non-hydrogen) atoms. The zero-order chi connectivity index (χ0) is 21.7. The number of unbranched alkanes of at least 4 members (excludes halogenated alkanes) is 2. The van der Waals surface area contributed by atoms with Gasteiger partial charge in [0, 0.05) is 5.41 Å². The number of carbonyl (C=O) groups is 2. The van der Waals surface area contributed by atoms with Crippen molar-refractivity contribution >= 4 is 11.9 Å². The monoisotopic (exact) mass is 398 g/mol. The molecular weight excluding hydrogens is 352 g/mol. The van der Waals surface area contributed by atoms with Crippen molar-refractivity contribution in [2.45, 2.75) is 113 Å². The molecule has 3 unspecified atom stereocenters. The molecule has 4 heteroatoms. The molecule has 0 aliphatic carbocycles. The first-order valence-electron chi connectivity index (χ1n) is 11.5. The molecule has 3 atom stereocenters. The molecule has 0 radical (unpaired) electrons. The fourth-order valence-electron chi connectivity index (χ4n) is 3.75. The quantitative estimate of drug-likeness (QED) is 0.293. The van der Waals surface area contributed by atoms with Crippen LogP contribution in [0.5, 0.6) is 0 Å². The van der Waals surface area contributed by atoms with Gasteiger partial charge in [-0.1, -0.05) is 81.1 Å². The van der Waals surface area contributed by atoms with Crippen molar-refractivity contribution in [3.8, 4) is 0 Å². The van der Waals surface area contributed by atoms with Crippen LogP contribution in [-0.4, -0.2) is 24.6 Å². The van der Waals surface area contributed by atoms with Crippen molar-refractivity contribution in [3.05, 3.63) is 0 Å². The van der Waals surface area contributed by atoms with E-state index in [-0.39, 0.29) is 42.4 Å². The molecule has 0 N–H and O–H groups in total. The van der Waals surface area contributed by atoms with Crippen LogP contribution in [0.4, 0.5) is 0 Å². The summed E-state index contributed by atoms with van der Waals surface area (Å²) in [6.07, 6.45) is 7.32. The maximum absolute atomic E-state index is 12.7. The third-order valence-corrected chi connectivity index (χ3v) is 5.67. The Morgan fingerprint density at radius 3 is 1.68 bits per heavy atom. The highest BCUT2D eigenvalue weighted by Gasteiger charge is 2.38. The van der Waals surface area contributed by atoms with Crippen LogP contribution in [-0.2, 0) is 19.1 Å². The van der Waals surface area contributed by atoms with Crippen LogP contribution in [0, 0.1) is 23.2 Å². The number of esters is 2. The summed E-state index contributed by atoms with van der Waals surface area (Å²) in [5.41, 5.74) is -0.425. The van der Waals surface area contributed by atoms with E-state index in [0.29, 0.717) is 0 Å². The minimum absolute atomic E-state index is 0.0330. The van der Waals surface area contributed by atoms with Crippen molar-refractivity contribution in [3.63, 3.8) is 0 Å². The Morgan fingerprint density at radius 2 is 1.29 bits per heavy atom. The van der Waals surface area contributed by atoms with Crippen molar-refractivity contribution in [1.29, 1.82) is 0 Å². The molecule has 0 aromatic rings. The van der Waals surface area contributed by atoms with Gasteiger partial charge in [-0.05, 0) is 31.6 Å². The van der Waals surface area contributed by atoms with Crippen LogP contribution in [0.2, 0.25) is 0 Å². The molecule has 0 saturated carbocycles. The minimum Gasteiger partial charge on any atom is -0.465 e. The average Bonchev–Trinajstić information content (AvgIpc) is 2.65. The van der Waals surface area contributed by atoms with Gasteiger partial charge in [0.2, 0.25) is 0 Å². The summed E-state index contributed by atoms with van der Waals surface area (Å²) in [6.45, 7) is 16.8. The molecule has 0 bridgehead atoms. The lowest BCUT2D eigenvalue weighted by atomic mass is 9.81. The topological polar surface area (TPSA) is 52.6 Å². The fraction of sp³-hybridized carbons (Fsp3) is 0.917. The lowest BCUT2D eigenvalue weighted by Crippen LogP contribution is -2.43. The van der Waals surface area contributed by atoms with Crippen LogP contribution in [0.1, 0.15) is 107 Å². The smallest absolute Gasteiger partial charge is 0.309 e. The second-order valence-corrected chi connectivity index (χ2v) is 9.19. The molecule has 0 aliphatic heterocycles. The van der Waals surface area contributed by atoms with E-state index in [9.17, 15) is 9.59 Å². The maximum atomic E-state index is 12.7. The van der Waals surface area contributed by atoms with E-state index in [1.807, 2.05) is 27.7 Å². The molecule has 0 heterocycles. The standard InChI is InChI=1S/C24H46O4/c1-9-13-15-19(11-3)22(25)27-17-24(7,8)21(18(5)6)28-23(26)20(12-4)16-14-10-2/h18-21H,9-17H2,1-8H3. The van der Waals surface area contributed by atoms with Crippen LogP contribution in [0.3, 0.4) is 0 Å². The SMILES string of the molecule is CCCCC(CC)C(=O)OCC(C)(C)C(OC(=O)C(CC)CCCC)C(C)C. The Hall–Kier alpha value is -1.06. The highest BCUT2D eigenvalue weighted by molar-refractivity contribution is 5.73. The number of ether oxygens (including phenoxy) is 2. The molecule has 0 aromatic carbocycles. The summed E-state index contributed by atoms with van der Waals surface area (Å²) in [6, 6.07) is 0. The maximum Gasteiger partial charge on any atom is 0.309 e. The molecule has 0 aromatic heterocycles. The van der Waals surface area contributed by atoms with Crippen LogP contribution in [0.25, 0.3) is 0 Å². The van der Waals surface area contributed by atoms with E-state index < -0.39 is 5.41 Å². The van der Waals surface area contributed by atoms with Gasteiger partial charge in [0.05, 0.1) is 18.4 Å². The first-order chi connectivity index (χ1) is 13.1. The second kappa shape index (κ2) is 14.0. The zero-order valence-electron chi connectivity index (χ0n) is 19.8. The summed E-state index contributed by atoms with van der Waals surface area (Å²) >= 11 is 0. The lowest BCUT2D eigenvalue weighted by Gasteiger charge is -2.37. The lowest BCUT2D eigenvalue weighted by molar-refractivity contribution is -0.171. The van der Waals surface area contributed by atoms with Crippen LogP contribution in [0.15, 0.2) is 0 Å². The third kappa shape index (κ3) is 9.43. The van der Waals surface area contributed by atoms with Crippen molar-refractivity contribution in [1.82, 2.24) is 0 Å². The molecule has 0 rings (SSSR count). The van der Waals surface area contributed by atoms with E-state index in [0.717, 1.165) is 51.4 Å². The van der Waals surface area contributed by atoms with Crippen LogP contribution < -0.4 is 0 Å². The molecule has 0 aliphatic rings. The molecule has 0 saturated heterocycles. The Kier molecular flexibility index (Phi) is 13.5. The Balaban J connectivity index is 4.98. The predicted octanol–water partition coefficient (Wildman–Crippen LogP) is 6.56. The van der Waals surface area contributed by atoms with E-state index in [1.54, 1.807) is 0 Å². The van der Waals surface area contributed by atoms with Gasteiger partial charge < -0.3 is 9.47 Å². The summed E-state index contributed by atoms with van der Waals surface area (Å²) in [4.78, 5) is 25.2. The Labute approximate surface area is 174 Å². The molecule has 0 spiro atoms. The predicted molar refractivity (Wildman–Crippen MR) is 116 cm³/mol.